The van der Waals surface area contributed by atoms with Gasteiger partial charge in [0.15, 0.2) is 0 Å². The fraction of sp³-hybridized carbons (Fsp3) is 0.636. The number of alkyl halides is 3. The van der Waals surface area contributed by atoms with Crippen molar-refractivity contribution in [2.45, 2.75) is 47.2 Å². The molecule has 14 heavy (non-hydrogen) atoms. The van der Waals surface area contributed by atoms with Gasteiger partial charge in [0.25, 0.3) is 0 Å². The van der Waals surface area contributed by atoms with Crippen molar-refractivity contribution in [1.82, 2.24) is 0 Å². The second-order valence-electron chi connectivity index (χ2n) is 2.71. The molecule has 0 aliphatic carbocycles. The maximum absolute atomic E-state index is 11.9. The van der Waals surface area contributed by atoms with Crippen LogP contribution >= 0.6 is 0 Å². The molecule has 84 valence electrons. The zero-order valence-corrected chi connectivity index (χ0v) is 9.50. The lowest BCUT2D eigenvalue weighted by Gasteiger charge is -2.04. The van der Waals surface area contributed by atoms with E-state index in [0.29, 0.717) is 0 Å². The molecule has 0 aromatic heterocycles. The van der Waals surface area contributed by atoms with Crippen LogP contribution in [0, 0.1) is 0 Å². The molecule has 0 atom stereocenters. The first kappa shape index (κ1) is 15.7. The quantitative estimate of drug-likeness (QED) is 0.567. The maximum atomic E-state index is 11.9. The summed E-state index contributed by atoms with van der Waals surface area (Å²) in [5, 5.41) is 0. The Kier molecular flexibility index (Phi) is 8.60. The first-order valence-corrected chi connectivity index (χ1v) is 4.79. The van der Waals surface area contributed by atoms with Crippen LogP contribution in [0.3, 0.4) is 0 Å². The molecule has 0 saturated carbocycles. The number of allylic oxidation sites excluding steroid dienone is 4. The summed E-state index contributed by atoms with van der Waals surface area (Å²) in [6.45, 7) is 8.78. The minimum atomic E-state index is -4.19. The minimum absolute atomic E-state index is 0.560. The van der Waals surface area contributed by atoms with Crippen molar-refractivity contribution in [2.75, 3.05) is 0 Å². The Morgan fingerprint density at radius 2 is 1.50 bits per heavy atom. The Morgan fingerprint density at radius 3 is 1.79 bits per heavy atom. The zero-order chi connectivity index (χ0) is 11.8. The highest BCUT2D eigenvalue weighted by Crippen LogP contribution is 2.24. The topological polar surface area (TPSA) is 0 Å². The number of hydrogen-bond acceptors (Lipinski definition) is 0. The van der Waals surface area contributed by atoms with Gasteiger partial charge in [-0.05, 0) is 20.3 Å². The van der Waals surface area contributed by atoms with E-state index in [9.17, 15) is 13.2 Å². The second-order valence-corrected chi connectivity index (χ2v) is 2.71. The lowest BCUT2D eigenvalue weighted by atomic mass is 10.2. The van der Waals surface area contributed by atoms with E-state index in [2.05, 4.69) is 0 Å². The third-order valence-electron chi connectivity index (χ3n) is 1.62. The molecule has 0 aliphatic rings. The summed E-state index contributed by atoms with van der Waals surface area (Å²) in [7, 11) is 0. The standard InChI is InChI=1S/C9H13F3.C2H6/c1-4-7(2)5-6-8(3)9(10,11)12;1-2/h5-6H,4H2,1-3H3;1-2H3/b7-5-,8-6+;. The van der Waals surface area contributed by atoms with Crippen molar-refractivity contribution in [2.24, 2.45) is 0 Å². The summed E-state index contributed by atoms with van der Waals surface area (Å²) in [6.07, 6.45) is -0.798. The molecule has 0 heterocycles. The minimum Gasteiger partial charge on any atom is -0.166 e. The highest BCUT2D eigenvalue weighted by molar-refractivity contribution is 5.18. The highest BCUT2D eigenvalue weighted by atomic mass is 19.4. The van der Waals surface area contributed by atoms with E-state index in [1.165, 1.54) is 6.08 Å². The molecule has 0 amide bonds. The van der Waals surface area contributed by atoms with E-state index >= 15 is 0 Å². The number of halogens is 3. The third-order valence-corrected chi connectivity index (χ3v) is 1.62. The van der Waals surface area contributed by atoms with E-state index < -0.39 is 11.7 Å². The van der Waals surface area contributed by atoms with E-state index in [1.54, 1.807) is 6.92 Å². The molecule has 0 unspecified atom stereocenters. The maximum Gasteiger partial charge on any atom is 0.412 e. The Bertz CT molecular complexity index is 197. The van der Waals surface area contributed by atoms with Crippen molar-refractivity contribution in [3.05, 3.63) is 23.3 Å². The van der Waals surface area contributed by atoms with Crippen LogP contribution in [0.15, 0.2) is 23.3 Å². The van der Waals surface area contributed by atoms with Crippen LogP contribution in [0.2, 0.25) is 0 Å². The molecule has 0 N–H and O–H groups in total. The molecule has 0 nitrogen and oxygen atoms in total. The van der Waals surface area contributed by atoms with Gasteiger partial charge in [0, 0.05) is 5.57 Å². The third kappa shape index (κ3) is 7.90. The van der Waals surface area contributed by atoms with E-state index in [-0.39, 0.29) is 0 Å². The van der Waals surface area contributed by atoms with Crippen molar-refractivity contribution >= 4 is 0 Å². The van der Waals surface area contributed by atoms with Gasteiger partial charge in [0.2, 0.25) is 0 Å². The summed E-state index contributed by atoms with van der Waals surface area (Å²) in [6, 6.07) is 0. The smallest absolute Gasteiger partial charge is 0.166 e. The Balaban J connectivity index is 0. The molecule has 0 rings (SSSR count). The van der Waals surface area contributed by atoms with Crippen LogP contribution in [0.4, 0.5) is 13.2 Å². The molecular formula is C11H19F3. The van der Waals surface area contributed by atoms with Gasteiger partial charge in [-0.1, -0.05) is 38.5 Å². The van der Waals surface area contributed by atoms with E-state index in [1.807, 2.05) is 20.8 Å². The summed E-state index contributed by atoms with van der Waals surface area (Å²) in [4.78, 5) is 0. The monoisotopic (exact) mass is 208 g/mol. The van der Waals surface area contributed by atoms with Crippen molar-refractivity contribution in [3.63, 3.8) is 0 Å². The largest absolute Gasteiger partial charge is 0.412 e. The van der Waals surface area contributed by atoms with Gasteiger partial charge >= 0.3 is 6.18 Å². The highest BCUT2D eigenvalue weighted by Gasteiger charge is 2.29. The first-order valence-electron chi connectivity index (χ1n) is 4.79. The van der Waals surface area contributed by atoms with Crippen LogP contribution in [0.25, 0.3) is 0 Å². The Hall–Kier alpha value is -0.730. The molecular weight excluding hydrogens is 189 g/mol. The van der Waals surface area contributed by atoms with Crippen LogP contribution in [0.1, 0.15) is 41.0 Å². The fourth-order valence-electron chi connectivity index (χ4n) is 0.480. The summed E-state index contributed by atoms with van der Waals surface area (Å²) in [5.74, 6) is 0. The summed E-state index contributed by atoms with van der Waals surface area (Å²) >= 11 is 0. The predicted octanol–water partition coefficient (Wildman–Crippen LogP) is 4.88. The molecule has 0 aliphatic heterocycles. The summed E-state index contributed by atoms with van der Waals surface area (Å²) < 4.78 is 35.7. The first-order chi connectivity index (χ1) is 6.38. The average molecular weight is 208 g/mol. The zero-order valence-electron chi connectivity index (χ0n) is 9.50. The second kappa shape index (κ2) is 7.65. The molecule has 0 aromatic rings. The molecule has 0 fully saturated rings. The lowest BCUT2D eigenvalue weighted by molar-refractivity contribution is -0.0912. The average Bonchev–Trinajstić information content (AvgIpc) is 2.15. The van der Waals surface area contributed by atoms with Crippen LogP contribution in [-0.2, 0) is 0 Å². The van der Waals surface area contributed by atoms with Crippen molar-refractivity contribution in [3.8, 4) is 0 Å². The van der Waals surface area contributed by atoms with Crippen molar-refractivity contribution < 1.29 is 13.2 Å². The van der Waals surface area contributed by atoms with Gasteiger partial charge in [0.1, 0.15) is 0 Å². The van der Waals surface area contributed by atoms with E-state index in [4.69, 9.17) is 0 Å². The van der Waals surface area contributed by atoms with Gasteiger partial charge in [0.05, 0.1) is 0 Å². The van der Waals surface area contributed by atoms with Crippen LogP contribution < -0.4 is 0 Å². The lowest BCUT2D eigenvalue weighted by Crippen LogP contribution is -2.08. The fourth-order valence-corrected chi connectivity index (χ4v) is 0.480. The Morgan fingerprint density at radius 1 is 1.07 bits per heavy atom. The van der Waals surface area contributed by atoms with E-state index in [0.717, 1.165) is 25.0 Å². The normalized spacial score (nSPS) is 13.4. The summed E-state index contributed by atoms with van der Waals surface area (Å²) in [5.41, 5.74) is 0.383. The molecule has 3 heteroatoms. The van der Waals surface area contributed by atoms with Crippen LogP contribution in [-0.4, -0.2) is 6.18 Å². The number of rotatable bonds is 2. The molecule has 0 bridgehead atoms. The van der Waals surface area contributed by atoms with Crippen LogP contribution in [0.5, 0.6) is 0 Å². The van der Waals surface area contributed by atoms with Crippen molar-refractivity contribution in [1.29, 1.82) is 0 Å². The van der Waals surface area contributed by atoms with Gasteiger partial charge in [-0.2, -0.15) is 13.2 Å². The molecule has 0 radical (unpaired) electrons. The SMILES string of the molecule is CC.CC/C(C)=C\C=C(/C)C(F)(F)F. The van der Waals surface area contributed by atoms with Gasteiger partial charge in [-0.15, -0.1) is 0 Å². The molecule has 0 aromatic carbocycles. The number of hydrogen-bond donors (Lipinski definition) is 0. The van der Waals surface area contributed by atoms with Gasteiger partial charge in [-0.3, -0.25) is 0 Å². The predicted molar refractivity (Wildman–Crippen MR) is 55.2 cm³/mol. The molecule has 0 saturated heterocycles. The molecule has 0 spiro atoms. The van der Waals surface area contributed by atoms with Gasteiger partial charge < -0.3 is 0 Å². The van der Waals surface area contributed by atoms with Gasteiger partial charge in [-0.25, -0.2) is 0 Å². The Labute approximate surface area is 84.5 Å².